The first-order valence-electron chi connectivity index (χ1n) is 9.01. The van der Waals surface area contributed by atoms with Gasteiger partial charge in [0, 0.05) is 12.1 Å². The molecule has 1 aliphatic heterocycles. The van der Waals surface area contributed by atoms with Gasteiger partial charge in [-0.15, -0.1) is 0 Å². The minimum absolute atomic E-state index is 0.1000. The van der Waals surface area contributed by atoms with Crippen LogP contribution < -0.4 is 13.8 Å². The fourth-order valence-corrected chi connectivity index (χ4v) is 5.07. The summed E-state index contributed by atoms with van der Waals surface area (Å²) in [4.78, 5) is 0.216. The normalized spacial score (nSPS) is 16.9. The fraction of sp³-hybridized carbons (Fsp3) is 0.400. The molecule has 0 saturated carbocycles. The van der Waals surface area contributed by atoms with E-state index in [1.807, 2.05) is 45.0 Å². The van der Waals surface area contributed by atoms with Gasteiger partial charge in [0.25, 0.3) is 10.0 Å². The van der Waals surface area contributed by atoms with Crippen LogP contribution in [-0.2, 0) is 16.4 Å². The largest absolute Gasteiger partial charge is 0.490 e. The molecule has 5 nitrogen and oxygen atoms in total. The Balaban J connectivity index is 2.07. The van der Waals surface area contributed by atoms with E-state index in [4.69, 9.17) is 9.47 Å². The van der Waals surface area contributed by atoms with Crippen molar-refractivity contribution in [3.8, 4) is 11.5 Å². The summed E-state index contributed by atoms with van der Waals surface area (Å²) in [6.07, 6.45) is 1.68. The van der Waals surface area contributed by atoms with Gasteiger partial charge in [0.2, 0.25) is 0 Å². The van der Waals surface area contributed by atoms with E-state index in [-0.39, 0.29) is 10.9 Å². The topological polar surface area (TPSA) is 55.8 Å². The number of ether oxygens (including phenoxy) is 2. The second-order valence-electron chi connectivity index (χ2n) is 6.29. The van der Waals surface area contributed by atoms with Crippen LogP contribution in [0.1, 0.15) is 32.8 Å². The van der Waals surface area contributed by atoms with Crippen LogP contribution >= 0.6 is 0 Å². The zero-order valence-electron chi connectivity index (χ0n) is 15.4. The zero-order chi connectivity index (χ0) is 18.7. The monoisotopic (exact) mass is 375 g/mol. The van der Waals surface area contributed by atoms with E-state index in [2.05, 4.69) is 0 Å². The quantitative estimate of drug-likeness (QED) is 0.765. The molecule has 0 N–H and O–H groups in total. The van der Waals surface area contributed by atoms with Crippen molar-refractivity contribution in [3.63, 3.8) is 0 Å². The van der Waals surface area contributed by atoms with Crippen molar-refractivity contribution in [1.82, 2.24) is 0 Å². The molecule has 0 fully saturated rings. The summed E-state index contributed by atoms with van der Waals surface area (Å²) in [6, 6.07) is 12.4. The third-order valence-electron chi connectivity index (χ3n) is 4.53. The van der Waals surface area contributed by atoms with Crippen molar-refractivity contribution in [2.24, 2.45) is 0 Å². The van der Waals surface area contributed by atoms with Crippen molar-refractivity contribution >= 4 is 15.7 Å². The molecule has 1 heterocycles. The fourth-order valence-electron chi connectivity index (χ4n) is 3.33. The van der Waals surface area contributed by atoms with Gasteiger partial charge in [0.05, 0.1) is 23.8 Å². The van der Waals surface area contributed by atoms with Crippen molar-refractivity contribution < 1.29 is 17.9 Å². The Hall–Kier alpha value is -2.21. The molecule has 2 aromatic carbocycles. The van der Waals surface area contributed by atoms with Crippen LogP contribution in [0.4, 0.5) is 5.69 Å². The lowest BCUT2D eigenvalue weighted by Crippen LogP contribution is -2.42. The van der Waals surface area contributed by atoms with Gasteiger partial charge in [-0.25, -0.2) is 8.42 Å². The highest BCUT2D eigenvalue weighted by Crippen LogP contribution is 2.37. The lowest BCUT2D eigenvalue weighted by Gasteiger charge is -2.36. The van der Waals surface area contributed by atoms with E-state index >= 15 is 0 Å². The maximum absolute atomic E-state index is 13.4. The molecular formula is C20H25NO4S. The average molecular weight is 375 g/mol. The predicted octanol–water partition coefficient (Wildman–Crippen LogP) is 4.01. The number of nitrogens with zero attached hydrogens (tertiary/aromatic N) is 1. The van der Waals surface area contributed by atoms with Crippen LogP contribution in [0.2, 0.25) is 0 Å². The minimum atomic E-state index is -3.70. The Labute approximate surface area is 155 Å². The number of rotatable bonds is 6. The molecule has 6 heteroatoms. The lowest BCUT2D eigenvalue weighted by atomic mass is 9.99. The number of benzene rings is 2. The number of fused-ring (bicyclic) bond motifs is 1. The molecule has 1 atom stereocenters. The second-order valence-corrected chi connectivity index (χ2v) is 8.11. The average Bonchev–Trinajstić information content (AvgIpc) is 2.63. The first kappa shape index (κ1) is 18.6. The standard InChI is InChI=1S/C20H25NO4S/c1-4-24-19-13-12-17(14-20(19)25-5-2)26(22,23)21-15(3)10-11-16-8-6-7-9-18(16)21/h6-9,12-15H,4-5,10-11H2,1-3H3/t15-/m1/s1. The molecular weight excluding hydrogens is 350 g/mol. The van der Waals surface area contributed by atoms with Crippen molar-refractivity contribution in [1.29, 1.82) is 0 Å². The van der Waals surface area contributed by atoms with Crippen LogP contribution in [-0.4, -0.2) is 27.7 Å². The van der Waals surface area contributed by atoms with Gasteiger partial charge in [-0.05, 0) is 57.4 Å². The minimum Gasteiger partial charge on any atom is -0.490 e. The van der Waals surface area contributed by atoms with Gasteiger partial charge in [-0.3, -0.25) is 4.31 Å². The van der Waals surface area contributed by atoms with Crippen molar-refractivity contribution in [3.05, 3.63) is 48.0 Å². The summed E-state index contributed by atoms with van der Waals surface area (Å²) in [7, 11) is -3.70. The number of hydrogen-bond acceptors (Lipinski definition) is 4. The van der Waals surface area contributed by atoms with Gasteiger partial charge in [-0.1, -0.05) is 18.2 Å². The SMILES string of the molecule is CCOc1ccc(S(=O)(=O)N2c3ccccc3CC[C@H]2C)cc1OCC. The van der Waals surface area contributed by atoms with E-state index in [1.165, 1.54) is 4.31 Å². The van der Waals surface area contributed by atoms with Gasteiger partial charge in [-0.2, -0.15) is 0 Å². The van der Waals surface area contributed by atoms with Crippen molar-refractivity contribution in [2.75, 3.05) is 17.5 Å². The summed E-state index contributed by atoms with van der Waals surface area (Å²) in [5, 5.41) is 0. The maximum Gasteiger partial charge on any atom is 0.264 e. The first-order valence-corrected chi connectivity index (χ1v) is 10.4. The highest BCUT2D eigenvalue weighted by Gasteiger charge is 2.34. The van der Waals surface area contributed by atoms with Crippen LogP contribution in [0.5, 0.6) is 11.5 Å². The van der Waals surface area contributed by atoms with Gasteiger partial charge in [0.15, 0.2) is 11.5 Å². The number of hydrogen-bond donors (Lipinski definition) is 0. The van der Waals surface area contributed by atoms with Gasteiger partial charge >= 0.3 is 0 Å². The molecule has 26 heavy (non-hydrogen) atoms. The zero-order valence-corrected chi connectivity index (χ0v) is 16.3. The molecule has 140 valence electrons. The second kappa shape index (κ2) is 7.58. The molecule has 0 amide bonds. The number of sulfonamides is 1. The number of anilines is 1. The number of para-hydroxylation sites is 1. The molecule has 3 rings (SSSR count). The summed E-state index contributed by atoms with van der Waals surface area (Å²) in [5.74, 6) is 1.01. The summed E-state index contributed by atoms with van der Waals surface area (Å²) in [6.45, 7) is 6.62. The first-order chi connectivity index (χ1) is 12.5. The summed E-state index contributed by atoms with van der Waals surface area (Å²) in [5.41, 5.74) is 1.82. The van der Waals surface area contributed by atoms with E-state index in [0.29, 0.717) is 24.7 Å². The highest BCUT2D eigenvalue weighted by atomic mass is 32.2. The Morgan fingerprint density at radius 1 is 1.04 bits per heavy atom. The molecule has 0 spiro atoms. The van der Waals surface area contributed by atoms with Crippen LogP contribution in [0.3, 0.4) is 0 Å². The van der Waals surface area contributed by atoms with Crippen LogP contribution in [0, 0.1) is 0 Å². The molecule has 0 unspecified atom stereocenters. The molecule has 0 aliphatic carbocycles. The maximum atomic E-state index is 13.4. The molecule has 0 aromatic heterocycles. The van der Waals surface area contributed by atoms with Gasteiger partial charge in [0.1, 0.15) is 0 Å². The molecule has 2 aromatic rings. The number of aryl methyl sites for hydroxylation is 1. The van der Waals surface area contributed by atoms with Crippen LogP contribution in [0.25, 0.3) is 0 Å². The summed E-state index contributed by atoms with van der Waals surface area (Å²) >= 11 is 0. The smallest absolute Gasteiger partial charge is 0.264 e. The Morgan fingerprint density at radius 3 is 2.46 bits per heavy atom. The molecule has 0 saturated heterocycles. The van der Waals surface area contributed by atoms with E-state index in [1.54, 1.807) is 18.2 Å². The van der Waals surface area contributed by atoms with Crippen LogP contribution in [0.15, 0.2) is 47.4 Å². The summed E-state index contributed by atoms with van der Waals surface area (Å²) < 4.78 is 39.5. The van der Waals surface area contributed by atoms with Crippen molar-refractivity contribution in [2.45, 2.75) is 44.6 Å². The Morgan fingerprint density at radius 2 is 1.73 bits per heavy atom. The van der Waals surface area contributed by atoms with E-state index in [9.17, 15) is 8.42 Å². The third kappa shape index (κ3) is 3.38. The molecule has 1 aliphatic rings. The molecule has 0 radical (unpaired) electrons. The van der Waals surface area contributed by atoms with Gasteiger partial charge < -0.3 is 9.47 Å². The third-order valence-corrected chi connectivity index (χ3v) is 6.46. The Kier molecular flexibility index (Phi) is 5.41. The van der Waals surface area contributed by atoms with E-state index in [0.717, 1.165) is 24.1 Å². The Bertz CT molecular complexity index is 879. The molecule has 0 bridgehead atoms. The lowest BCUT2D eigenvalue weighted by molar-refractivity contribution is 0.287. The highest BCUT2D eigenvalue weighted by molar-refractivity contribution is 7.92. The predicted molar refractivity (Wildman–Crippen MR) is 103 cm³/mol. The van der Waals surface area contributed by atoms with E-state index < -0.39 is 10.0 Å².